The number of carbonyl (C=O) groups is 2. The van der Waals surface area contributed by atoms with Gasteiger partial charge in [-0.1, -0.05) is 0 Å². The lowest BCUT2D eigenvalue weighted by Crippen LogP contribution is -2.47. The maximum atomic E-state index is 12.4. The summed E-state index contributed by atoms with van der Waals surface area (Å²) >= 11 is 0. The fraction of sp³-hybridized carbons (Fsp3) is 0.857. The summed E-state index contributed by atoms with van der Waals surface area (Å²) in [4.78, 5) is 28.0. The zero-order valence-corrected chi connectivity index (χ0v) is 11.9. The molecule has 0 aliphatic carbocycles. The number of methoxy groups -OCH3 is 1. The Kier molecular flexibility index (Phi) is 4.80. The molecule has 0 aromatic carbocycles. The van der Waals surface area contributed by atoms with Gasteiger partial charge in [0, 0.05) is 19.6 Å². The van der Waals surface area contributed by atoms with Crippen molar-refractivity contribution in [2.45, 2.75) is 25.7 Å². The van der Waals surface area contributed by atoms with Crippen LogP contribution in [0.2, 0.25) is 0 Å². The van der Waals surface area contributed by atoms with Gasteiger partial charge in [0.05, 0.1) is 18.9 Å². The summed E-state index contributed by atoms with van der Waals surface area (Å²) in [6, 6.07) is 0. The topological polar surface area (TPSA) is 49.9 Å². The van der Waals surface area contributed by atoms with Crippen LogP contribution in [0.3, 0.4) is 0 Å². The van der Waals surface area contributed by atoms with Crippen LogP contribution in [0, 0.1) is 11.8 Å². The van der Waals surface area contributed by atoms with E-state index < -0.39 is 0 Å². The van der Waals surface area contributed by atoms with Crippen molar-refractivity contribution in [1.29, 1.82) is 0 Å². The summed E-state index contributed by atoms with van der Waals surface area (Å²) in [6.45, 7) is 3.35. The Bertz CT molecular complexity index is 338. The second-order valence-corrected chi connectivity index (χ2v) is 5.72. The molecule has 0 aromatic heterocycles. The standard InChI is InChI=1S/C14H24N2O3/c1-15-7-3-4-12(10-15)13(17)16-8-5-11(6-9-16)14(18)19-2/h11-12H,3-10H2,1-2H3/t12-/m1/s1. The minimum Gasteiger partial charge on any atom is -0.469 e. The molecule has 0 bridgehead atoms. The highest BCUT2D eigenvalue weighted by Crippen LogP contribution is 2.23. The van der Waals surface area contributed by atoms with Gasteiger partial charge in [0.25, 0.3) is 0 Å². The molecule has 1 amide bonds. The van der Waals surface area contributed by atoms with E-state index in [1.54, 1.807) is 0 Å². The molecule has 0 saturated carbocycles. The fourth-order valence-corrected chi connectivity index (χ4v) is 3.13. The number of esters is 1. The van der Waals surface area contributed by atoms with Gasteiger partial charge < -0.3 is 14.5 Å². The minimum atomic E-state index is -0.135. The van der Waals surface area contributed by atoms with Crippen LogP contribution in [0.25, 0.3) is 0 Å². The van der Waals surface area contributed by atoms with Crippen LogP contribution >= 0.6 is 0 Å². The molecule has 2 rings (SSSR count). The third-order valence-corrected chi connectivity index (χ3v) is 4.31. The number of hydrogen-bond acceptors (Lipinski definition) is 4. The van der Waals surface area contributed by atoms with E-state index in [0.29, 0.717) is 13.1 Å². The molecule has 2 aliphatic heterocycles. The highest BCUT2D eigenvalue weighted by molar-refractivity contribution is 5.80. The van der Waals surface area contributed by atoms with Gasteiger partial charge in [-0.05, 0) is 39.3 Å². The lowest BCUT2D eigenvalue weighted by molar-refractivity contribution is -0.150. The lowest BCUT2D eigenvalue weighted by Gasteiger charge is -2.36. The molecule has 2 saturated heterocycles. The van der Waals surface area contributed by atoms with Gasteiger partial charge in [-0.15, -0.1) is 0 Å². The number of nitrogens with zero attached hydrogens (tertiary/aromatic N) is 2. The molecule has 0 N–H and O–H groups in total. The first-order chi connectivity index (χ1) is 9.11. The van der Waals surface area contributed by atoms with Gasteiger partial charge >= 0.3 is 5.97 Å². The minimum absolute atomic E-state index is 0.0249. The van der Waals surface area contributed by atoms with Crippen LogP contribution in [0.4, 0.5) is 0 Å². The van der Waals surface area contributed by atoms with Crippen LogP contribution in [0.15, 0.2) is 0 Å². The summed E-state index contributed by atoms with van der Waals surface area (Å²) in [5.41, 5.74) is 0. The zero-order chi connectivity index (χ0) is 13.8. The molecular formula is C14H24N2O3. The van der Waals surface area contributed by atoms with E-state index in [1.807, 2.05) is 4.90 Å². The first-order valence-corrected chi connectivity index (χ1v) is 7.17. The van der Waals surface area contributed by atoms with E-state index in [2.05, 4.69) is 11.9 Å². The summed E-state index contributed by atoms with van der Waals surface area (Å²) < 4.78 is 4.77. The number of rotatable bonds is 2. The number of amides is 1. The van der Waals surface area contributed by atoms with Crippen molar-refractivity contribution in [3.05, 3.63) is 0 Å². The highest BCUT2D eigenvalue weighted by Gasteiger charge is 2.32. The van der Waals surface area contributed by atoms with Gasteiger partial charge in [-0.2, -0.15) is 0 Å². The summed E-state index contributed by atoms with van der Waals surface area (Å²) in [6.07, 6.45) is 3.58. The molecule has 0 radical (unpaired) electrons. The second-order valence-electron chi connectivity index (χ2n) is 5.72. The molecule has 0 unspecified atom stereocenters. The van der Waals surface area contributed by atoms with Crippen molar-refractivity contribution < 1.29 is 14.3 Å². The van der Waals surface area contributed by atoms with Crippen LogP contribution in [-0.4, -0.2) is 62.0 Å². The number of likely N-dealkylation sites (tertiary alicyclic amines) is 2. The predicted molar refractivity (Wildman–Crippen MR) is 71.5 cm³/mol. The molecule has 5 heteroatoms. The van der Waals surface area contributed by atoms with Crippen LogP contribution in [-0.2, 0) is 14.3 Å². The molecule has 2 heterocycles. The molecule has 2 aliphatic rings. The van der Waals surface area contributed by atoms with E-state index >= 15 is 0 Å². The predicted octanol–water partition coefficient (Wildman–Crippen LogP) is 0.740. The average Bonchev–Trinajstić information content (AvgIpc) is 2.46. The molecule has 5 nitrogen and oxygen atoms in total. The van der Waals surface area contributed by atoms with Crippen LogP contribution < -0.4 is 0 Å². The first kappa shape index (κ1) is 14.3. The van der Waals surface area contributed by atoms with E-state index in [-0.39, 0.29) is 23.7 Å². The van der Waals surface area contributed by atoms with Crippen molar-refractivity contribution in [2.75, 3.05) is 40.3 Å². The SMILES string of the molecule is COC(=O)C1CCN(C(=O)[C@@H]2CCCN(C)C2)CC1. The Morgan fingerprint density at radius 3 is 2.32 bits per heavy atom. The number of carbonyl (C=O) groups excluding carboxylic acids is 2. The molecule has 0 aromatic rings. The Morgan fingerprint density at radius 1 is 1.05 bits per heavy atom. The van der Waals surface area contributed by atoms with Gasteiger partial charge in [0.1, 0.15) is 0 Å². The molecule has 108 valence electrons. The van der Waals surface area contributed by atoms with Gasteiger partial charge in [-0.3, -0.25) is 9.59 Å². The fourth-order valence-electron chi connectivity index (χ4n) is 3.13. The molecule has 1 atom stereocenters. The van der Waals surface area contributed by atoms with Crippen LogP contribution in [0.5, 0.6) is 0 Å². The van der Waals surface area contributed by atoms with E-state index in [0.717, 1.165) is 38.8 Å². The summed E-state index contributed by atoms with van der Waals surface area (Å²) in [5.74, 6) is 0.260. The number of hydrogen-bond donors (Lipinski definition) is 0. The first-order valence-electron chi connectivity index (χ1n) is 7.17. The third kappa shape index (κ3) is 3.47. The normalized spacial score (nSPS) is 26.2. The monoisotopic (exact) mass is 268 g/mol. The van der Waals surface area contributed by atoms with Crippen molar-refractivity contribution in [3.8, 4) is 0 Å². The maximum Gasteiger partial charge on any atom is 0.308 e. The van der Waals surface area contributed by atoms with Crippen molar-refractivity contribution >= 4 is 11.9 Å². The lowest BCUT2D eigenvalue weighted by atomic mass is 9.93. The molecule has 19 heavy (non-hydrogen) atoms. The molecule has 0 spiro atoms. The van der Waals surface area contributed by atoms with E-state index in [1.165, 1.54) is 7.11 Å². The smallest absolute Gasteiger partial charge is 0.308 e. The summed E-state index contributed by atoms with van der Waals surface area (Å²) in [5, 5.41) is 0. The van der Waals surface area contributed by atoms with Crippen molar-refractivity contribution in [2.24, 2.45) is 11.8 Å². The van der Waals surface area contributed by atoms with E-state index in [4.69, 9.17) is 4.74 Å². The quantitative estimate of drug-likeness (QED) is 0.693. The Labute approximate surface area is 114 Å². The Balaban J connectivity index is 1.83. The maximum absolute atomic E-state index is 12.4. The molecule has 2 fully saturated rings. The largest absolute Gasteiger partial charge is 0.469 e. The summed E-state index contributed by atoms with van der Waals surface area (Å²) in [7, 11) is 3.50. The average molecular weight is 268 g/mol. The van der Waals surface area contributed by atoms with Crippen molar-refractivity contribution in [1.82, 2.24) is 9.80 Å². The second kappa shape index (κ2) is 6.37. The Hall–Kier alpha value is -1.10. The molecular weight excluding hydrogens is 244 g/mol. The van der Waals surface area contributed by atoms with Crippen molar-refractivity contribution in [3.63, 3.8) is 0 Å². The van der Waals surface area contributed by atoms with E-state index in [9.17, 15) is 9.59 Å². The van der Waals surface area contributed by atoms with Gasteiger partial charge in [-0.25, -0.2) is 0 Å². The Morgan fingerprint density at radius 2 is 1.74 bits per heavy atom. The number of piperidine rings is 2. The highest BCUT2D eigenvalue weighted by atomic mass is 16.5. The number of ether oxygens (including phenoxy) is 1. The zero-order valence-electron chi connectivity index (χ0n) is 11.9. The van der Waals surface area contributed by atoms with Gasteiger partial charge in [0.15, 0.2) is 0 Å². The van der Waals surface area contributed by atoms with Gasteiger partial charge in [0.2, 0.25) is 5.91 Å². The third-order valence-electron chi connectivity index (χ3n) is 4.31. The van der Waals surface area contributed by atoms with Crippen LogP contribution in [0.1, 0.15) is 25.7 Å².